The summed E-state index contributed by atoms with van der Waals surface area (Å²) in [5.74, 6) is 0.229. The van der Waals surface area contributed by atoms with Crippen LogP contribution in [0.3, 0.4) is 0 Å². The molecule has 1 aliphatic carbocycles. The van der Waals surface area contributed by atoms with Crippen molar-refractivity contribution in [1.82, 2.24) is 9.88 Å². The summed E-state index contributed by atoms with van der Waals surface area (Å²) in [6.07, 6.45) is 5.87. The zero-order chi connectivity index (χ0) is 16.0. The van der Waals surface area contributed by atoms with Crippen molar-refractivity contribution in [2.24, 2.45) is 0 Å². The molecule has 2 heterocycles. The number of carbonyl (C=O) groups is 1. The van der Waals surface area contributed by atoms with E-state index in [9.17, 15) is 4.79 Å². The Balaban J connectivity index is 1.72. The van der Waals surface area contributed by atoms with E-state index in [1.54, 1.807) is 6.08 Å². The number of aromatic amines is 1. The zero-order valence-electron chi connectivity index (χ0n) is 13.6. The van der Waals surface area contributed by atoms with Crippen LogP contribution in [-0.2, 0) is 16.0 Å². The Morgan fingerprint density at radius 3 is 3.13 bits per heavy atom. The smallest absolute Gasteiger partial charge is 0.330 e. The van der Waals surface area contributed by atoms with Gasteiger partial charge in [-0.3, -0.25) is 4.90 Å². The summed E-state index contributed by atoms with van der Waals surface area (Å²) in [4.78, 5) is 17.6. The fraction of sp³-hybridized carbons (Fsp3) is 0.421. The lowest BCUT2D eigenvalue weighted by atomic mass is 9.74. The summed E-state index contributed by atoms with van der Waals surface area (Å²) in [5.41, 5.74) is 5.22. The Labute approximate surface area is 136 Å². The van der Waals surface area contributed by atoms with E-state index in [1.165, 1.54) is 27.6 Å². The molecule has 4 nitrogen and oxygen atoms in total. The van der Waals surface area contributed by atoms with Crippen LogP contribution in [0, 0.1) is 0 Å². The Hall–Kier alpha value is -2.07. The van der Waals surface area contributed by atoms with Crippen molar-refractivity contribution in [3.63, 3.8) is 0 Å². The van der Waals surface area contributed by atoms with E-state index in [0.717, 1.165) is 19.4 Å². The maximum Gasteiger partial charge on any atom is 0.330 e. The average molecular weight is 310 g/mol. The van der Waals surface area contributed by atoms with Gasteiger partial charge in [0.15, 0.2) is 0 Å². The third-order valence-corrected chi connectivity index (χ3v) is 5.22. The van der Waals surface area contributed by atoms with Gasteiger partial charge in [0.2, 0.25) is 0 Å². The molecule has 0 saturated carbocycles. The molecule has 2 aliphatic rings. The van der Waals surface area contributed by atoms with Gasteiger partial charge in [-0.2, -0.15) is 0 Å². The molecule has 120 valence electrons. The minimum absolute atomic E-state index is 0.217. The predicted octanol–water partition coefficient (Wildman–Crippen LogP) is 3.00. The first kappa shape index (κ1) is 14.5. The number of benzene rings is 1. The summed E-state index contributed by atoms with van der Waals surface area (Å²) >= 11 is 0. The number of ether oxygens (including phenoxy) is 1. The van der Waals surface area contributed by atoms with E-state index in [1.807, 2.05) is 6.92 Å². The normalized spacial score (nSPS) is 25.6. The number of nitrogens with zero attached hydrogens (tertiary/aromatic N) is 1. The number of likely N-dealkylation sites (tertiary alicyclic amines) is 1. The maximum atomic E-state index is 11.8. The number of carbonyl (C=O) groups excluding carboxylic acids is 1. The molecule has 0 bridgehead atoms. The van der Waals surface area contributed by atoms with Crippen molar-refractivity contribution in [2.45, 2.75) is 31.7 Å². The van der Waals surface area contributed by atoms with Gasteiger partial charge in [0, 0.05) is 41.7 Å². The van der Waals surface area contributed by atoms with Gasteiger partial charge >= 0.3 is 5.97 Å². The lowest BCUT2D eigenvalue weighted by molar-refractivity contribution is -0.137. The molecular formula is C19H22N2O2. The van der Waals surface area contributed by atoms with Crippen LogP contribution < -0.4 is 0 Å². The Kier molecular flexibility index (Phi) is 3.49. The molecule has 4 rings (SSSR count). The van der Waals surface area contributed by atoms with Crippen LogP contribution in [0.25, 0.3) is 10.9 Å². The van der Waals surface area contributed by atoms with Gasteiger partial charge in [0.1, 0.15) is 0 Å². The van der Waals surface area contributed by atoms with Crippen LogP contribution in [0.1, 0.15) is 30.4 Å². The minimum Gasteiger partial charge on any atom is -0.463 e. The number of H-pyrrole nitrogens is 1. The lowest BCUT2D eigenvalue weighted by Gasteiger charge is -2.43. The van der Waals surface area contributed by atoms with Gasteiger partial charge in [-0.15, -0.1) is 0 Å². The topological polar surface area (TPSA) is 45.3 Å². The molecule has 1 N–H and O–H groups in total. The standard InChI is InChI=1S/C19H22N2O2/c1-3-23-18(22)8-12-7-15-14-5-4-6-16-19(14)13(10-20-16)9-17(15)21(2)11-12/h4-6,8,10,15,17,20H,3,7,9,11H2,1-2H3/b12-8+. The molecule has 1 fully saturated rings. The third kappa shape index (κ3) is 2.38. The molecule has 0 radical (unpaired) electrons. The number of likely N-dealkylation sites (N-methyl/N-ethyl adjacent to an activating group) is 1. The summed E-state index contributed by atoms with van der Waals surface area (Å²) in [7, 11) is 2.16. The van der Waals surface area contributed by atoms with Gasteiger partial charge < -0.3 is 9.72 Å². The minimum atomic E-state index is -0.217. The van der Waals surface area contributed by atoms with Crippen LogP contribution in [0.4, 0.5) is 0 Å². The van der Waals surface area contributed by atoms with Crippen molar-refractivity contribution >= 4 is 16.9 Å². The number of esters is 1. The molecule has 1 saturated heterocycles. The van der Waals surface area contributed by atoms with E-state index < -0.39 is 0 Å². The van der Waals surface area contributed by atoms with Crippen LogP contribution >= 0.6 is 0 Å². The highest BCUT2D eigenvalue weighted by molar-refractivity contribution is 5.88. The molecule has 0 amide bonds. The van der Waals surface area contributed by atoms with E-state index >= 15 is 0 Å². The van der Waals surface area contributed by atoms with E-state index in [0.29, 0.717) is 18.6 Å². The monoisotopic (exact) mass is 310 g/mol. The molecule has 2 unspecified atom stereocenters. The van der Waals surface area contributed by atoms with Crippen molar-refractivity contribution in [3.8, 4) is 0 Å². The molecule has 23 heavy (non-hydrogen) atoms. The van der Waals surface area contributed by atoms with E-state index in [4.69, 9.17) is 4.74 Å². The second-order valence-corrected chi connectivity index (χ2v) is 6.64. The summed E-state index contributed by atoms with van der Waals surface area (Å²) in [6, 6.07) is 7.02. The van der Waals surface area contributed by atoms with Crippen molar-refractivity contribution in [2.75, 3.05) is 20.2 Å². The van der Waals surface area contributed by atoms with Gasteiger partial charge in [-0.1, -0.05) is 12.1 Å². The average Bonchev–Trinajstić information content (AvgIpc) is 2.93. The van der Waals surface area contributed by atoms with Gasteiger partial charge in [0.25, 0.3) is 0 Å². The number of hydrogen-bond donors (Lipinski definition) is 1. The van der Waals surface area contributed by atoms with Crippen LogP contribution in [0.2, 0.25) is 0 Å². The van der Waals surface area contributed by atoms with Gasteiger partial charge in [-0.25, -0.2) is 4.79 Å². The SMILES string of the molecule is CCOC(=O)/C=C1\CC2c3cccc4[nH]cc(c34)CC2N(C)C1. The van der Waals surface area contributed by atoms with Crippen LogP contribution in [0.5, 0.6) is 0 Å². The number of piperidine rings is 1. The number of hydrogen-bond acceptors (Lipinski definition) is 3. The van der Waals surface area contributed by atoms with Crippen molar-refractivity contribution in [3.05, 3.63) is 47.2 Å². The first-order chi connectivity index (χ1) is 11.2. The number of rotatable bonds is 2. The van der Waals surface area contributed by atoms with Gasteiger partial charge in [0.05, 0.1) is 6.61 Å². The first-order valence-electron chi connectivity index (χ1n) is 8.32. The molecule has 1 aromatic heterocycles. The fourth-order valence-corrected chi connectivity index (χ4v) is 4.28. The predicted molar refractivity (Wildman–Crippen MR) is 90.5 cm³/mol. The van der Waals surface area contributed by atoms with Crippen molar-refractivity contribution in [1.29, 1.82) is 0 Å². The number of aromatic nitrogens is 1. The van der Waals surface area contributed by atoms with Crippen LogP contribution in [-0.4, -0.2) is 42.1 Å². The number of nitrogens with one attached hydrogen (secondary N) is 1. The molecule has 2 atom stereocenters. The second-order valence-electron chi connectivity index (χ2n) is 6.64. The summed E-state index contributed by atoms with van der Waals surface area (Å²) in [6.45, 7) is 3.11. The van der Waals surface area contributed by atoms with Crippen LogP contribution in [0.15, 0.2) is 36.0 Å². The van der Waals surface area contributed by atoms with Crippen molar-refractivity contribution < 1.29 is 9.53 Å². The molecule has 2 aromatic rings. The quantitative estimate of drug-likeness (QED) is 0.685. The van der Waals surface area contributed by atoms with Gasteiger partial charge in [-0.05, 0) is 49.6 Å². The Morgan fingerprint density at radius 1 is 1.43 bits per heavy atom. The second kappa shape index (κ2) is 5.53. The third-order valence-electron chi connectivity index (χ3n) is 5.22. The Bertz CT molecular complexity index is 790. The highest BCUT2D eigenvalue weighted by atomic mass is 16.5. The first-order valence-corrected chi connectivity index (χ1v) is 8.32. The summed E-state index contributed by atoms with van der Waals surface area (Å²) < 4.78 is 5.08. The molecule has 4 heteroatoms. The lowest BCUT2D eigenvalue weighted by Crippen LogP contribution is -2.45. The molecule has 1 aliphatic heterocycles. The summed E-state index contributed by atoms with van der Waals surface area (Å²) in [5, 5.41) is 1.39. The molecule has 1 aromatic carbocycles. The highest BCUT2D eigenvalue weighted by Gasteiger charge is 2.37. The molecule has 0 spiro atoms. The van der Waals surface area contributed by atoms with E-state index in [-0.39, 0.29) is 5.97 Å². The molecular weight excluding hydrogens is 288 g/mol. The zero-order valence-corrected chi connectivity index (χ0v) is 13.6. The maximum absolute atomic E-state index is 11.8. The Morgan fingerprint density at radius 2 is 2.30 bits per heavy atom. The number of fused-ring (bicyclic) bond motifs is 2. The highest BCUT2D eigenvalue weighted by Crippen LogP contribution is 2.44. The largest absolute Gasteiger partial charge is 0.463 e. The fourth-order valence-electron chi connectivity index (χ4n) is 4.28. The van der Waals surface area contributed by atoms with E-state index in [2.05, 4.69) is 41.3 Å².